The summed E-state index contributed by atoms with van der Waals surface area (Å²) in [6.07, 6.45) is 5.24. The number of hydrogen-bond donors (Lipinski definition) is 0. The number of rotatable bonds is 7. The molecule has 1 aromatic heterocycles. The van der Waals surface area contributed by atoms with Crippen molar-refractivity contribution in [3.63, 3.8) is 0 Å². The van der Waals surface area contributed by atoms with Gasteiger partial charge in [0.15, 0.2) is 0 Å². The molecule has 168 valence electrons. The largest absolute Gasteiger partial charge is 0.340 e. The minimum Gasteiger partial charge on any atom is -0.340 e. The zero-order valence-corrected chi connectivity index (χ0v) is 19.5. The fraction of sp³-hybridized carbons (Fsp3) is 0.455. The smallest absolute Gasteiger partial charge is 0.244 e. The van der Waals surface area contributed by atoms with Gasteiger partial charge in [0.1, 0.15) is 10.7 Å². The molecular weight excluding hydrogens is 437 g/mol. The van der Waals surface area contributed by atoms with Crippen molar-refractivity contribution in [1.82, 2.24) is 14.2 Å². The van der Waals surface area contributed by atoms with Gasteiger partial charge in [-0.1, -0.05) is 36.7 Å². The molecule has 1 amide bonds. The summed E-state index contributed by atoms with van der Waals surface area (Å²) in [5.74, 6) is -0.447. The van der Waals surface area contributed by atoms with Gasteiger partial charge in [0.05, 0.1) is 10.3 Å². The summed E-state index contributed by atoms with van der Waals surface area (Å²) < 4.78 is 40.6. The predicted molar refractivity (Wildman–Crippen MR) is 120 cm³/mol. The molecule has 0 saturated carbocycles. The van der Waals surface area contributed by atoms with Crippen LogP contribution in [0.15, 0.2) is 52.5 Å². The quantitative estimate of drug-likeness (QED) is 0.580. The Balaban J connectivity index is 1.61. The summed E-state index contributed by atoms with van der Waals surface area (Å²) in [6, 6.07) is 9.37. The summed E-state index contributed by atoms with van der Waals surface area (Å²) in [5, 5.41) is 0.161. The number of benzene rings is 1. The van der Waals surface area contributed by atoms with Gasteiger partial charge in [0.25, 0.3) is 0 Å². The van der Waals surface area contributed by atoms with Crippen molar-refractivity contribution in [3.8, 4) is 0 Å². The van der Waals surface area contributed by atoms with Crippen LogP contribution in [-0.4, -0.2) is 53.9 Å². The summed E-state index contributed by atoms with van der Waals surface area (Å²) in [5.41, 5.74) is 0.717. The van der Waals surface area contributed by atoms with Crippen LogP contribution in [0.3, 0.4) is 0 Å². The van der Waals surface area contributed by atoms with E-state index in [-0.39, 0.29) is 16.6 Å². The molecular formula is C22H28FN3O3S2. The Morgan fingerprint density at radius 3 is 2.52 bits per heavy atom. The molecule has 31 heavy (non-hydrogen) atoms. The van der Waals surface area contributed by atoms with Crippen molar-refractivity contribution < 1.29 is 17.6 Å². The number of thioether (sulfide) groups is 1. The van der Waals surface area contributed by atoms with Gasteiger partial charge in [-0.15, -0.1) is 0 Å². The monoisotopic (exact) mass is 465 g/mol. The Morgan fingerprint density at radius 1 is 1.19 bits per heavy atom. The van der Waals surface area contributed by atoms with Crippen LogP contribution in [0.25, 0.3) is 0 Å². The lowest BCUT2D eigenvalue weighted by Gasteiger charge is -2.21. The topological polar surface area (TPSA) is 70.6 Å². The molecule has 6 nitrogen and oxygen atoms in total. The number of sulfonamides is 1. The van der Waals surface area contributed by atoms with Crippen LogP contribution in [0.5, 0.6) is 0 Å². The molecule has 1 atom stereocenters. The highest BCUT2D eigenvalue weighted by Crippen LogP contribution is 2.25. The van der Waals surface area contributed by atoms with Crippen LogP contribution in [0, 0.1) is 5.82 Å². The maximum atomic E-state index is 13.4. The predicted octanol–water partition coefficient (Wildman–Crippen LogP) is 3.92. The van der Waals surface area contributed by atoms with Crippen molar-refractivity contribution in [1.29, 1.82) is 0 Å². The fourth-order valence-electron chi connectivity index (χ4n) is 3.55. The molecule has 0 spiro atoms. The van der Waals surface area contributed by atoms with Crippen molar-refractivity contribution >= 4 is 27.7 Å². The second-order valence-electron chi connectivity index (χ2n) is 7.73. The first kappa shape index (κ1) is 23.7. The van der Waals surface area contributed by atoms with Crippen LogP contribution < -0.4 is 0 Å². The minimum absolute atomic E-state index is 0.114. The molecule has 1 saturated heterocycles. The van der Waals surface area contributed by atoms with Gasteiger partial charge in [-0.3, -0.25) is 4.79 Å². The van der Waals surface area contributed by atoms with Gasteiger partial charge in [0.2, 0.25) is 15.9 Å². The first-order valence-corrected chi connectivity index (χ1v) is 12.7. The second kappa shape index (κ2) is 10.6. The Labute approximate surface area is 187 Å². The zero-order valence-electron chi connectivity index (χ0n) is 17.8. The lowest BCUT2D eigenvalue weighted by atomic mass is 10.2. The summed E-state index contributed by atoms with van der Waals surface area (Å²) in [7, 11) is -1.87. The minimum atomic E-state index is -3.54. The molecule has 0 unspecified atom stereocenters. The first-order valence-electron chi connectivity index (χ1n) is 10.4. The molecule has 2 aromatic rings. The molecule has 0 bridgehead atoms. The summed E-state index contributed by atoms with van der Waals surface area (Å²) in [6.45, 7) is 3.17. The highest BCUT2D eigenvalue weighted by atomic mass is 32.2. The van der Waals surface area contributed by atoms with E-state index in [1.807, 2.05) is 0 Å². The van der Waals surface area contributed by atoms with Crippen LogP contribution in [0.4, 0.5) is 4.39 Å². The lowest BCUT2D eigenvalue weighted by molar-refractivity contribution is -0.129. The average Bonchev–Trinajstić information content (AvgIpc) is 3.04. The summed E-state index contributed by atoms with van der Waals surface area (Å²) >= 11 is 1.27. The standard InChI is InChI=1S/C22H28FN3O3S2/c1-17(22(27)25(2)16-18-8-7-9-19(23)14-18)30-21-11-10-20(15-24-21)31(28,29)26-12-5-3-4-6-13-26/h7-11,14-15,17H,3-6,12-13,16H2,1-2H3/t17-/m0/s1. The van der Waals surface area contributed by atoms with Gasteiger partial charge in [0, 0.05) is 32.9 Å². The van der Waals surface area contributed by atoms with Gasteiger partial charge in [-0.2, -0.15) is 4.31 Å². The molecule has 1 fully saturated rings. The van der Waals surface area contributed by atoms with E-state index in [1.54, 1.807) is 43.1 Å². The molecule has 1 aliphatic rings. The van der Waals surface area contributed by atoms with E-state index in [0.29, 0.717) is 30.2 Å². The third-order valence-corrected chi connectivity index (χ3v) is 8.16. The zero-order chi connectivity index (χ0) is 22.4. The SMILES string of the molecule is C[C@H](Sc1ccc(S(=O)(=O)N2CCCCCC2)cn1)C(=O)N(C)Cc1cccc(F)c1. The van der Waals surface area contributed by atoms with Crippen molar-refractivity contribution in [3.05, 3.63) is 54.0 Å². The summed E-state index contributed by atoms with van der Waals surface area (Å²) in [4.78, 5) is 18.7. The third kappa shape index (κ3) is 6.27. The maximum Gasteiger partial charge on any atom is 0.244 e. The van der Waals surface area contributed by atoms with E-state index >= 15 is 0 Å². The van der Waals surface area contributed by atoms with Gasteiger partial charge in [-0.05, 0) is 49.6 Å². The number of amides is 1. The second-order valence-corrected chi connectivity index (χ2v) is 11.0. The highest BCUT2D eigenvalue weighted by Gasteiger charge is 2.26. The van der Waals surface area contributed by atoms with Gasteiger partial charge in [-0.25, -0.2) is 17.8 Å². The number of carbonyl (C=O) groups excluding carboxylic acids is 1. The molecule has 2 heterocycles. The van der Waals surface area contributed by atoms with Crippen LogP contribution >= 0.6 is 11.8 Å². The molecule has 0 aliphatic carbocycles. The number of carbonyl (C=O) groups is 1. The Kier molecular flexibility index (Phi) is 8.07. The number of hydrogen-bond acceptors (Lipinski definition) is 5. The van der Waals surface area contributed by atoms with E-state index in [1.165, 1.54) is 34.4 Å². The van der Waals surface area contributed by atoms with E-state index in [2.05, 4.69) is 4.98 Å². The van der Waals surface area contributed by atoms with E-state index in [9.17, 15) is 17.6 Å². The first-order chi connectivity index (χ1) is 14.8. The lowest BCUT2D eigenvalue weighted by Crippen LogP contribution is -2.33. The van der Waals surface area contributed by atoms with Gasteiger partial charge >= 0.3 is 0 Å². The fourth-order valence-corrected chi connectivity index (χ4v) is 5.92. The number of pyridine rings is 1. The number of halogens is 1. The molecule has 0 N–H and O–H groups in total. The van der Waals surface area contributed by atoms with Crippen molar-refractivity contribution in [2.24, 2.45) is 0 Å². The van der Waals surface area contributed by atoms with Crippen molar-refractivity contribution in [2.45, 2.75) is 54.3 Å². The third-order valence-electron chi connectivity index (χ3n) is 5.24. The van der Waals surface area contributed by atoms with Crippen LogP contribution in [-0.2, 0) is 21.4 Å². The normalized spacial score (nSPS) is 16.5. The van der Waals surface area contributed by atoms with Gasteiger partial charge < -0.3 is 4.90 Å². The number of aromatic nitrogens is 1. The Bertz CT molecular complexity index is 991. The van der Waals surface area contributed by atoms with E-state index < -0.39 is 15.3 Å². The molecule has 3 rings (SSSR count). The molecule has 1 aromatic carbocycles. The molecule has 1 aliphatic heterocycles. The van der Waals surface area contributed by atoms with E-state index in [4.69, 9.17) is 0 Å². The maximum absolute atomic E-state index is 13.4. The Hall–Kier alpha value is -1.97. The van der Waals surface area contributed by atoms with Crippen molar-refractivity contribution in [2.75, 3.05) is 20.1 Å². The molecule has 0 radical (unpaired) electrons. The number of nitrogens with zero attached hydrogens (tertiary/aromatic N) is 3. The highest BCUT2D eigenvalue weighted by molar-refractivity contribution is 8.00. The molecule has 9 heteroatoms. The Morgan fingerprint density at radius 2 is 1.90 bits per heavy atom. The van der Waals surface area contributed by atoms with Crippen LogP contribution in [0.1, 0.15) is 38.2 Å². The average molecular weight is 466 g/mol. The van der Waals surface area contributed by atoms with E-state index in [0.717, 1.165) is 25.7 Å². The van der Waals surface area contributed by atoms with Crippen LogP contribution in [0.2, 0.25) is 0 Å².